The molecule has 0 aliphatic carbocycles. The molecule has 0 unspecified atom stereocenters. The topological polar surface area (TPSA) is 72.7 Å². The first-order valence-corrected chi connectivity index (χ1v) is 6.60. The van der Waals surface area contributed by atoms with Gasteiger partial charge in [-0.3, -0.25) is 4.79 Å². The SMILES string of the molecule is O=C(Nc1cnn(-c2ncccn2)c1)c1c(F)cccc1Cl. The van der Waals surface area contributed by atoms with E-state index in [1.54, 1.807) is 18.5 Å². The second-order valence-corrected chi connectivity index (χ2v) is 4.68. The number of nitrogens with one attached hydrogen (secondary N) is 1. The van der Waals surface area contributed by atoms with Crippen LogP contribution in [0.1, 0.15) is 10.4 Å². The van der Waals surface area contributed by atoms with Gasteiger partial charge in [0.1, 0.15) is 5.82 Å². The van der Waals surface area contributed by atoms with Crippen molar-refractivity contribution in [2.45, 2.75) is 0 Å². The Bertz CT molecular complexity index is 801. The number of aromatic nitrogens is 4. The van der Waals surface area contributed by atoms with Crippen LogP contribution in [0, 0.1) is 5.82 Å². The molecule has 2 heterocycles. The van der Waals surface area contributed by atoms with Crippen molar-refractivity contribution in [3.8, 4) is 5.95 Å². The molecular weight excluding hydrogens is 309 g/mol. The van der Waals surface area contributed by atoms with Crippen molar-refractivity contribution in [1.29, 1.82) is 0 Å². The van der Waals surface area contributed by atoms with Gasteiger partial charge in [-0.2, -0.15) is 5.10 Å². The van der Waals surface area contributed by atoms with E-state index in [-0.39, 0.29) is 10.6 Å². The first-order chi connectivity index (χ1) is 10.6. The first-order valence-electron chi connectivity index (χ1n) is 6.22. The molecule has 0 aliphatic rings. The van der Waals surface area contributed by atoms with Crippen LogP contribution in [0.5, 0.6) is 0 Å². The number of hydrogen-bond donors (Lipinski definition) is 1. The minimum absolute atomic E-state index is 0.0382. The van der Waals surface area contributed by atoms with Gasteiger partial charge in [0.15, 0.2) is 0 Å². The lowest BCUT2D eigenvalue weighted by Crippen LogP contribution is -2.14. The Balaban J connectivity index is 1.82. The van der Waals surface area contributed by atoms with E-state index in [9.17, 15) is 9.18 Å². The fourth-order valence-corrected chi connectivity index (χ4v) is 2.06. The molecule has 0 aliphatic heterocycles. The molecule has 0 saturated carbocycles. The minimum Gasteiger partial charge on any atom is -0.319 e. The van der Waals surface area contributed by atoms with Crippen LogP contribution in [0.2, 0.25) is 5.02 Å². The predicted molar refractivity (Wildman–Crippen MR) is 78.5 cm³/mol. The molecule has 3 rings (SSSR count). The Morgan fingerprint density at radius 2 is 2.00 bits per heavy atom. The van der Waals surface area contributed by atoms with Crippen molar-refractivity contribution in [3.63, 3.8) is 0 Å². The fourth-order valence-electron chi connectivity index (χ4n) is 1.81. The van der Waals surface area contributed by atoms with Gasteiger partial charge in [0.2, 0.25) is 5.95 Å². The van der Waals surface area contributed by atoms with Crippen molar-refractivity contribution >= 4 is 23.2 Å². The number of nitrogens with zero attached hydrogens (tertiary/aromatic N) is 4. The van der Waals surface area contributed by atoms with Crippen LogP contribution >= 0.6 is 11.6 Å². The molecule has 110 valence electrons. The normalized spacial score (nSPS) is 10.5. The minimum atomic E-state index is -0.691. The van der Waals surface area contributed by atoms with Gasteiger partial charge in [-0.15, -0.1) is 0 Å². The van der Waals surface area contributed by atoms with Gasteiger partial charge in [0.25, 0.3) is 5.91 Å². The summed E-state index contributed by atoms with van der Waals surface area (Å²) in [5.74, 6) is -0.993. The third-order valence-corrected chi connectivity index (χ3v) is 3.10. The van der Waals surface area contributed by atoms with Crippen LogP contribution in [-0.4, -0.2) is 25.7 Å². The van der Waals surface area contributed by atoms with E-state index >= 15 is 0 Å². The van der Waals surface area contributed by atoms with Crippen LogP contribution in [0.3, 0.4) is 0 Å². The largest absolute Gasteiger partial charge is 0.319 e. The maximum Gasteiger partial charge on any atom is 0.260 e. The molecule has 1 N–H and O–H groups in total. The lowest BCUT2D eigenvalue weighted by Gasteiger charge is -2.05. The van der Waals surface area contributed by atoms with E-state index in [1.165, 1.54) is 35.3 Å². The van der Waals surface area contributed by atoms with Crippen LogP contribution in [0.4, 0.5) is 10.1 Å². The van der Waals surface area contributed by atoms with E-state index < -0.39 is 11.7 Å². The highest BCUT2D eigenvalue weighted by atomic mass is 35.5. The molecule has 0 atom stereocenters. The van der Waals surface area contributed by atoms with Gasteiger partial charge >= 0.3 is 0 Å². The Morgan fingerprint density at radius 3 is 2.73 bits per heavy atom. The van der Waals surface area contributed by atoms with E-state index in [0.29, 0.717) is 11.6 Å². The van der Waals surface area contributed by atoms with E-state index in [4.69, 9.17) is 11.6 Å². The second kappa shape index (κ2) is 5.90. The van der Waals surface area contributed by atoms with Crippen molar-refractivity contribution in [2.24, 2.45) is 0 Å². The monoisotopic (exact) mass is 317 g/mol. The lowest BCUT2D eigenvalue weighted by atomic mass is 10.2. The van der Waals surface area contributed by atoms with E-state index in [2.05, 4.69) is 20.4 Å². The Kier molecular flexibility index (Phi) is 3.80. The Labute approximate surface area is 129 Å². The summed E-state index contributed by atoms with van der Waals surface area (Å²) < 4.78 is 15.1. The number of carbonyl (C=O) groups is 1. The highest BCUT2D eigenvalue weighted by Gasteiger charge is 2.16. The third kappa shape index (κ3) is 2.79. The Morgan fingerprint density at radius 1 is 1.23 bits per heavy atom. The van der Waals surface area contributed by atoms with Crippen molar-refractivity contribution in [3.05, 3.63) is 65.5 Å². The number of hydrogen-bond acceptors (Lipinski definition) is 4. The Hall–Kier alpha value is -2.80. The summed E-state index contributed by atoms with van der Waals surface area (Å²) >= 11 is 5.85. The van der Waals surface area contributed by atoms with Crippen LogP contribution < -0.4 is 5.32 Å². The summed E-state index contributed by atoms with van der Waals surface area (Å²) in [5, 5.41) is 6.59. The van der Waals surface area contributed by atoms with E-state index in [0.717, 1.165) is 0 Å². The van der Waals surface area contributed by atoms with Crippen LogP contribution in [0.25, 0.3) is 5.95 Å². The molecular formula is C14H9ClFN5O. The van der Waals surface area contributed by atoms with Gasteiger partial charge in [-0.25, -0.2) is 19.0 Å². The third-order valence-electron chi connectivity index (χ3n) is 2.79. The van der Waals surface area contributed by atoms with Gasteiger partial charge in [-0.05, 0) is 18.2 Å². The highest BCUT2D eigenvalue weighted by molar-refractivity contribution is 6.34. The molecule has 1 amide bonds. The molecule has 0 fully saturated rings. The summed E-state index contributed by atoms with van der Waals surface area (Å²) in [7, 11) is 0. The molecule has 3 aromatic rings. The predicted octanol–water partition coefficient (Wildman–Crippen LogP) is 2.71. The molecule has 2 aromatic heterocycles. The number of carbonyl (C=O) groups excluding carboxylic acids is 1. The number of amides is 1. The van der Waals surface area contributed by atoms with Gasteiger partial charge in [0.05, 0.1) is 28.7 Å². The quantitative estimate of drug-likeness (QED) is 0.806. The summed E-state index contributed by atoms with van der Waals surface area (Å²) in [6.45, 7) is 0. The molecule has 8 heteroatoms. The zero-order valence-corrected chi connectivity index (χ0v) is 11.8. The molecule has 0 bridgehead atoms. The second-order valence-electron chi connectivity index (χ2n) is 4.27. The maximum atomic E-state index is 13.7. The molecule has 0 radical (unpaired) electrons. The summed E-state index contributed by atoms with van der Waals surface area (Å²) in [6.07, 6.45) is 6.06. The number of halogens is 2. The smallest absolute Gasteiger partial charge is 0.260 e. The average Bonchev–Trinajstić information content (AvgIpc) is 2.96. The van der Waals surface area contributed by atoms with Crippen LogP contribution in [-0.2, 0) is 0 Å². The average molecular weight is 318 g/mol. The van der Waals surface area contributed by atoms with Gasteiger partial charge in [0, 0.05) is 12.4 Å². The van der Waals surface area contributed by atoms with Crippen molar-refractivity contribution in [2.75, 3.05) is 5.32 Å². The summed E-state index contributed by atoms with van der Waals surface area (Å²) in [5.41, 5.74) is 0.157. The molecule has 22 heavy (non-hydrogen) atoms. The van der Waals surface area contributed by atoms with E-state index in [1.807, 2.05) is 0 Å². The maximum absolute atomic E-state index is 13.7. The molecule has 1 aromatic carbocycles. The first kappa shape index (κ1) is 14.2. The molecule has 6 nitrogen and oxygen atoms in total. The molecule has 0 saturated heterocycles. The fraction of sp³-hybridized carbons (Fsp3) is 0. The molecule has 0 spiro atoms. The van der Waals surface area contributed by atoms with Crippen LogP contribution in [0.15, 0.2) is 49.1 Å². The zero-order chi connectivity index (χ0) is 15.5. The van der Waals surface area contributed by atoms with Gasteiger partial charge in [-0.1, -0.05) is 17.7 Å². The van der Waals surface area contributed by atoms with Gasteiger partial charge < -0.3 is 5.32 Å². The summed E-state index contributed by atoms with van der Waals surface area (Å²) in [4.78, 5) is 20.1. The number of benzene rings is 1. The zero-order valence-electron chi connectivity index (χ0n) is 11.1. The van der Waals surface area contributed by atoms with Crippen molar-refractivity contribution < 1.29 is 9.18 Å². The van der Waals surface area contributed by atoms with Crippen molar-refractivity contribution in [1.82, 2.24) is 19.7 Å². The standard InChI is InChI=1S/C14H9ClFN5O/c15-10-3-1-4-11(16)12(10)13(22)20-9-7-19-21(8-9)14-17-5-2-6-18-14/h1-8H,(H,20,22). The summed E-state index contributed by atoms with van der Waals surface area (Å²) in [6, 6.07) is 5.72. The number of anilines is 1. The highest BCUT2D eigenvalue weighted by Crippen LogP contribution is 2.20. The number of rotatable bonds is 3. The lowest BCUT2D eigenvalue weighted by molar-refractivity contribution is 0.102.